The zero-order chi connectivity index (χ0) is 22.6. The lowest BCUT2D eigenvalue weighted by molar-refractivity contribution is -0.137. The van der Waals surface area contributed by atoms with Crippen LogP contribution in [-0.4, -0.2) is 36.9 Å². The summed E-state index contributed by atoms with van der Waals surface area (Å²) in [6.07, 6.45) is -4.62. The lowest BCUT2D eigenvalue weighted by Crippen LogP contribution is -2.38. The Kier molecular flexibility index (Phi) is 6.65. The van der Waals surface area contributed by atoms with Gasteiger partial charge in [-0.1, -0.05) is 30.3 Å². The van der Waals surface area contributed by atoms with Gasteiger partial charge in [0.2, 0.25) is 5.91 Å². The van der Waals surface area contributed by atoms with E-state index in [1.165, 1.54) is 24.1 Å². The average Bonchev–Trinajstić information content (AvgIpc) is 3.10. The number of benzene rings is 2. The maximum absolute atomic E-state index is 13.2. The van der Waals surface area contributed by atoms with Gasteiger partial charge in [-0.05, 0) is 25.1 Å². The molecule has 2 aromatic carbocycles. The van der Waals surface area contributed by atoms with Gasteiger partial charge in [0.05, 0.1) is 17.9 Å². The van der Waals surface area contributed by atoms with Crippen LogP contribution in [0.4, 0.5) is 18.9 Å². The predicted octanol–water partition coefficient (Wildman–Crippen LogP) is 4.70. The van der Waals surface area contributed by atoms with Crippen molar-refractivity contribution in [1.82, 2.24) is 4.90 Å². The van der Waals surface area contributed by atoms with Gasteiger partial charge in [-0.3, -0.25) is 9.59 Å². The predicted molar refractivity (Wildman–Crippen MR) is 109 cm³/mol. The van der Waals surface area contributed by atoms with Crippen LogP contribution >= 0.6 is 0 Å². The smallest absolute Gasteiger partial charge is 0.418 e. The number of rotatable bonds is 7. The summed E-state index contributed by atoms with van der Waals surface area (Å²) in [5.41, 5.74) is -0.286. The van der Waals surface area contributed by atoms with Crippen molar-refractivity contribution in [2.24, 2.45) is 0 Å². The third kappa shape index (κ3) is 4.88. The van der Waals surface area contributed by atoms with Gasteiger partial charge in [0.25, 0.3) is 5.91 Å². The Labute approximate surface area is 176 Å². The highest BCUT2D eigenvalue weighted by Gasteiger charge is 2.34. The van der Waals surface area contributed by atoms with E-state index in [4.69, 9.17) is 9.15 Å². The molecule has 0 bridgehead atoms. The fraction of sp³-hybridized carbons (Fsp3) is 0.273. The second-order valence-corrected chi connectivity index (χ2v) is 6.75. The number of para-hydroxylation sites is 2. The average molecular weight is 434 g/mol. The maximum atomic E-state index is 13.2. The van der Waals surface area contributed by atoms with Gasteiger partial charge in [-0.2, -0.15) is 13.2 Å². The van der Waals surface area contributed by atoms with Crippen LogP contribution in [0.1, 0.15) is 28.6 Å². The van der Waals surface area contributed by atoms with Gasteiger partial charge < -0.3 is 19.4 Å². The molecule has 1 aromatic heterocycles. The normalized spacial score (nSPS) is 11.5. The zero-order valence-corrected chi connectivity index (χ0v) is 17.0. The Hall–Kier alpha value is -3.33. The molecule has 0 spiro atoms. The quantitative estimate of drug-likeness (QED) is 0.585. The van der Waals surface area contributed by atoms with E-state index >= 15 is 0 Å². The number of anilines is 1. The molecule has 3 aromatic rings. The maximum Gasteiger partial charge on any atom is 0.418 e. The number of alkyl halides is 3. The van der Waals surface area contributed by atoms with Crippen molar-refractivity contribution in [3.8, 4) is 0 Å². The van der Waals surface area contributed by atoms with E-state index in [-0.39, 0.29) is 24.6 Å². The van der Waals surface area contributed by atoms with E-state index in [9.17, 15) is 22.8 Å². The summed E-state index contributed by atoms with van der Waals surface area (Å²) in [4.78, 5) is 26.7. The number of hydrogen-bond acceptors (Lipinski definition) is 4. The van der Waals surface area contributed by atoms with E-state index in [1.807, 2.05) is 0 Å². The third-order valence-corrected chi connectivity index (χ3v) is 4.69. The summed E-state index contributed by atoms with van der Waals surface area (Å²) < 4.78 is 50.4. The molecule has 31 heavy (non-hydrogen) atoms. The molecule has 0 radical (unpaired) electrons. The number of carbonyl (C=O) groups excluding carboxylic acids is 2. The minimum atomic E-state index is -4.62. The highest BCUT2D eigenvalue weighted by Crippen LogP contribution is 2.34. The number of furan rings is 1. The third-order valence-electron chi connectivity index (χ3n) is 4.69. The fourth-order valence-electron chi connectivity index (χ4n) is 3.23. The topological polar surface area (TPSA) is 71.8 Å². The van der Waals surface area contributed by atoms with Crippen molar-refractivity contribution >= 4 is 28.5 Å². The Bertz CT molecular complexity index is 1090. The molecule has 0 atom stereocenters. The Morgan fingerprint density at radius 2 is 1.77 bits per heavy atom. The van der Waals surface area contributed by atoms with Crippen LogP contribution in [0.3, 0.4) is 0 Å². The molecular weight excluding hydrogens is 413 g/mol. The highest BCUT2D eigenvalue weighted by molar-refractivity contribution is 6.02. The Morgan fingerprint density at radius 1 is 1.10 bits per heavy atom. The van der Waals surface area contributed by atoms with Crippen molar-refractivity contribution in [2.75, 3.05) is 25.5 Å². The van der Waals surface area contributed by atoms with Gasteiger partial charge in [-0.15, -0.1) is 0 Å². The van der Waals surface area contributed by atoms with Crippen molar-refractivity contribution < 1.29 is 31.9 Å². The standard InChI is InChI=1S/C22H21F3N2O4/c1-3-27(12-19(28)26-17-10-6-5-9-16(17)22(23,24)25)21(29)20-15(13-30-2)14-8-4-7-11-18(14)31-20/h4-11H,3,12-13H2,1-2H3,(H,26,28). The highest BCUT2D eigenvalue weighted by atomic mass is 19.4. The number of hydrogen-bond donors (Lipinski definition) is 1. The van der Waals surface area contributed by atoms with Gasteiger partial charge in [0.1, 0.15) is 12.1 Å². The molecular formula is C22H21F3N2O4. The lowest BCUT2D eigenvalue weighted by Gasteiger charge is -2.20. The van der Waals surface area contributed by atoms with Crippen LogP contribution in [0.25, 0.3) is 11.0 Å². The molecule has 0 aliphatic rings. The van der Waals surface area contributed by atoms with E-state index in [0.717, 1.165) is 12.1 Å². The van der Waals surface area contributed by atoms with E-state index in [0.29, 0.717) is 16.5 Å². The number of likely N-dealkylation sites (N-methyl/N-ethyl adjacent to an activating group) is 1. The largest absolute Gasteiger partial charge is 0.451 e. The molecule has 9 heteroatoms. The second kappa shape index (κ2) is 9.22. The SMILES string of the molecule is CCN(CC(=O)Nc1ccccc1C(F)(F)F)C(=O)c1oc2ccccc2c1COC. The van der Waals surface area contributed by atoms with Crippen LogP contribution in [0, 0.1) is 0 Å². The van der Waals surface area contributed by atoms with Crippen LogP contribution in [0.2, 0.25) is 0 Å². The molecule has 0 saturated heterocycles. The number of amides is 2. The first-order valence-electron chi connectivity index (χ1n) is 9.51. The summed E-state index contributed by atoms with van der Waals surface area (Å²) in [5, 5.41) is 2.96. The zero-order valence-electron chi connectivity index (χ0n) is 17.0. The number of fused-ring (bicyclic) bond motifs is 1. The minimum absolute atomic E-state index is 0.0355. The minimum Gasteiger partial charge on any atom is -0.451 e. The van der Waals surface area contributed by atoms with Crippen LogP contribution in [0.5, 0.6) is 0 Å². The number of nitrogens with zero attached hydrogens (tertiary/aromatic N) is 1. The second-order valence-electron chi connectivity index (χ2n) is 6.75. The van der Waals surface area contributed by atoms with Crippen molar-refractivity contribution in [3.05, 3.63) is 65.4 Å². The van der Waals surface area contributed by atoms with E-state index < -0.39 is 30.1 Å². The molecule has 3 rings (SSSR count). The van der Waals surface area contributed by atoms with Crippen LogP contribution < -0.4 is 5.32 Å². The van der Waals surface area contributed by atoms with Crippen LogP contribution in [0.15, 0.2) is 52.9 Å². The molecule has 0 aliphatic heterocycles. The van der Waals surface area contributed by atoms with Crippen molar-refractivity contribution in [1.29, 1.82) is 0 Å². The number of methoxy groups -OCH3 is 1. The Morgan fingerprint density at radius 3 is 2.45 bits per heavy atom. The first-order chi connectivity index (χ1) is 14.8. The fourth-order valence-corrected chi connectivity index (χ4v) is 3.23. The number of nitrogens with one attached hydrogen (secondary N) is 1. The molecule has 0 unspecified atom stereocenters. The molecule has 0 saturated carbocycles. The van der Waals surface area contributed by atoms with Gasteiger partial charge >= 0.3 is 6.18 Å². The summed E-state index contributed by atoms with van der Waals surface area (Å²) in [5.74, 6) is -1.27. The van der Waals surface area contributed by atoms with Gasteiger partial charge in [0.15, 0.2) is 5.76 Å². The number of ether oxygens (including phenoxy) is 1. The number of carbonyl (C=O) groups is 2. The molecule has 1 N–H and O–H groups in total. The van der Waals surface area contributed by atoms with Gasteiger partial charge in [-0.25, -0.2) is 0 Å². The summed E-state index contributed by atoms with van der Waals surface area (Å²) >= 11 is 0. The van der Waals surface area contributed by atoms with Crippen molar-refractivity contribution in [2.45, 2.75) is 19.7 Å². The molecule has 0 fully saturated rings. The summed E-state index contributed by atoms with van der Waals surface area (Å²) in [6, 6.07) is 11.7. The van der Waals surface area contributed by atoms with E-state index in [2.05, 4.69) is 5.32 Å². The van der Waals surface area contributed by atoms with Crippen molar-refractivity contribution in [3.63, 3.8) is 0 Å². The molecule has 1 heterocycles. The summed E-state index contributed by atoms with van der Waals surface area (Å²) in [6.45, 7) is 1.50. The molecule has 2 amide bonds. The first-order valence-corrected chi connectivity index (χ1v) is 9.51. The Balaban J connectivity index is 1.82. The molecule has 6 nitrogen and oxygen atoms in total. The lowest BCUT2D eigenvalue weighted by atomic mass is 10.1. The molecule has 164 valence electrons. The van der Waals surface area contributed by atoms with E-state index in [1.54, 1.807) is 31.2 Å². The van der Waals surface area contributed by atoms with Crippen LogP contribution in [-0.2, 0) is 22.3 Å². The first kappa shape index (κ1) is 22.4. The van der Waals surface area contributed by atoms with Gasteiger partial charge in [0, 0.05) is 24.6 Å². The molecule has 0 aliphatic carbocycles. The monoisotopic (exact) mass is 434 g/mol. The number of halogens is 3. The summed E-state index contributed by atoms with van der Waals surface area (Å²) in [7, 11) is 1.49.